The average molecular weight is 246 g/mol. The van der Waals surface area contributed by atoms with E-state index in [2.05, 4.69) is 11.3 Å². The van der Waals surface area contributed by atoms with Crippen LogP contribution in [0.3, 0.4) is 0 Å². The van der Waals surface area contributed by atoms with Crippen LogP contribution in [0.1, 0.15) is 12.5 Å². The Morgan fingerprint density at radius 1 is 1.28 bits per heavy atom. The molecule has 0 N–H and O–H groups in total. The Labute approximate surface area is 106 Å². The van der Waals surface area contributed by atoms with Gasteiger partial charge in [-0.25, -0.2) is 9.59 Å². The number of rotatable bonds is 5. The molecule has 0 saturated carbocycles. The van der Waals surface area contributed by atoms with Crippen LogP contribution in [-0.2, 0) is 19.1 Å². The third kappa shape index (κ3) is 4.65. The van der Waals surface area contributed by atoms with Gasteiger partial charge in [-0.05, 0) is 25.1 Å². The lowest BCUT2D eigenvalue weighted by Crippen LogP contribution is -2.12. The standard InChI is InChI=1S/C14H14O4/c1-3-17-14(16)11(2)18-13(15)10-9-12-7-5-4-6-8-12/h4-10H,2-3H2,1H3. The molecule has 0 spiro atoms. The van der Waals surface area contributed by atoms with E-state index in [0.717, 1.165) is 5.56 Å². The van der Waals surface area contributed by atoms with E-state index in [1.807, 2.05) is 30.3 Å². The van der Waals surface area contributed by atoms with Crippen molar-refractivity contribution in [1.82, 2.24) is 0 Å². The third-order valence-electron chi connectivity index (χ3n) is 1.94. The minimum atomic E-state index is -0.737. The molecule has 0 atom stereocenters. The molecule has 0 heterocycles. The fraction of sp³-hybridized carbons (Fsp3) is 0.143. The Hall–Kier alpha value is -2.36. The summed E-state index contributed by atoms with van der Waals surface area (Å²) < 4.78 is 9.32. The zero-order chi connectivity index (χ0) is 13.4. The zero-order valence-electron chi connectivity index (χ0n) is 10.1. The van der Waals surface area contributed by atoms with E-state index >= 15 is 0 Å². The van der Waals surface area contributed by atoms with Crippen molar-refractivity contribution in [3.05, 3.63) is 54.3 Å². The summed E-state index contributed by atoms with van der Waals surface area (Å²) in [5.74, 6) is -1.73. The quantitative estimate of drug-likeness (QED) is 0.454. The van der Waals surface area contributed by atoms with Crippen molar-refractivity contribution in [3.8, 4) is 0 Å². The number of esters is 2. The van der Waals surface area contributed by atoms with Gasteiger partial charge in [-0.3, -0.25) is 0 Å². The molecule has 0 saturated heterocycles. The Bertz CT molecular complexity index is 460. The van der Waals surface area contributed by atoms with Gasteiger partial charge < -0.3 is 9.47 Å². The lowest BCUT2D eigenvalue weighted by atomic mass is 10.2. The van der Waals surface area contributed by atoms with Gasteiger partial charge in [-0.1, -0.05) is 30.3 Å². The lowest BCUT2D eigenvalue weighted by molar-refractivity contribution is -0.148. The van der Waals surface area contributed by atoms with Gasteiger partial charge in [0.2, 0.25) is 5.76 Å². The molecular formula is C14H14O4. The van der Waals surface area contributed by atoms with Crippen LogP contribution in [0, 0.1) is 0 Å². The summed E-state index contributed by atoms with van der Waals surface area (Å²) in [6, 6.07) is 9.25. The highest BCUT2D eigenvalue weighted by molar-refractivity contribution is 5.93. The number of hydrogen-bond donors (Lipinski definition) is 0. The molecule has 4 nitrogen and oxygen atoms in total. The molecule has 4 heteroatoms. The zero-order valence-corrected chi connectivity index (χ0v) is 10.1. The van der Waals surface area contributed by atoms with Crippen molar-refractivity contribution < 1.29 is 19.1 Å². The molecule has 0 unspecified atom stereocenters. The lowest BCUT2D eigenvalue weighted by Gasteiger charge is -2.03. The van der Waals surface area contributed by atoms with Crippen molar-refractivity contribution in [1.29, 1.82) is 0 Å². The van der Waals surface area contributed by atoms with Crippen LogP contribution >= 0.6 is 0 Å². The Morgan fingerprint density at radius 3 is 2.56 bits per heavy atom. The normalized spacial score (nSPS) is 10.1. The average Bonchev–Trinajstić information content (AvgIpc) is 2.38. The molecule has 1 aromatic rings. The van der Waals surface area contributed by atoms with Gasteiger partial charge in [0.05, 0.1) is 6.61 Å². The second-order valence-electron chi connectivity index (χ2n) is 3.31. The highest BCUT2D eigenvalue weighted by Crippen LogP contribution is 2.03. The van der Waals surface area contributed by atoms with Crippen LogP contribution in [0.4, 0.5) is 0 Å². The molecule has 0 aliphatic carbocycles. The van der Waals surface area contributed by atoms with Gasteiger partial charge in [0.15, 0.2) is 0 Å². The maximum atomic E-state index is 11.4. The molecule has 0 bridgehead atoms. The van der Waals surface area contributed by atoms with Gasteiger partial charge in [-0.15, -0.1) is 0 Å². The van der Waals surface area contributed by atoms with Crippen molar-refractivity contribution in [2.75, 3.05) is 6.61 Å². The fourth-order valence-corrected chi connectivity index (χ4v) is 1.14. The number of carbonyl (C=O) groups is 2. The number of ether oxygens (including phenoxy) is 2. The molecule has 1 aromatic carbocycles. The monoisotopic (exact) mass is 246 g/mol. The van der Waals surface area contributed by atoms with Crippen LogP contribution in [0.2, 0.25) is 0 Å². The van der Waals surface area contributed by atoms with Crippen LogP contribution in [0.25, 0.3) is 6.08 Å². The molecule has 0 radical (unpaired) electrons. The van der Waals surface area contributed by atoms with E-state index in [4.69, 9.17) is 4.74 Å². The van der Waals surface area contributed by atoms with Gasteiger partial charge >= 0.3 is 11.9 Å². The Balaban J connectivity index is 2.50. The topological polar surface area (TPSA) is 52.6 Å². The molecule has 0 amide bonds. The van der Waals surface area contributed by atoms with E-state index in [9.17, 15) is 9.59 Å². The predicted molar refractivity (Wildman–Crippen MR) is 67.3 cm³/mol. The largest absolute Gasteiger partial charge is 0.460 e. The SMILES string of the molecule is C=C(OC(=O)C=Cc1ccccc1)C(=O)OCC. The summed E-state index contributed by atoms with van der Waals surface area (Å²) in [4.78, 5) is 22.5. The van der Waals surface area contributed by atoms with E-state index in [1.165, 1.54) is 6.08 Å². The summed E-state index contributed by atoms with van der Waals surface area (Å²) in [6.45, 7) is 5.18. The van der Waals surface area contributed by atoms with Gasteiger partial charge in [0.25, 0.3) is 0 Å². The highest BCUT2D eigenvalue weighted by atomic mass is 16.6. The molecule has 1 rings (SSSR count). The molecule has 18 heavy (non-hydrogen) atoms. The van der Waals surface area contributed by atoms with Gasteiger partial charge in [0, 0.05) is 6.08 Å². The van der Waals surface area contributed by atoms with Crippen LogP contribution in [0.15, 0.2) is 48.7 Å². The fourth-order valence-electron chi connectivity index (χ4n) is 1.14. The van der Waals surface area contributed by atoms with Gasteiger partial charge in [-0.2, -0.15) is 0 Å². The molecular weight excluding hydrogens is 232 g/mol. The summed E-state index contributed by atoms with van der Waals surface area (Å²) >= 11 is 0. The van der Waals surface area contributed by atoms with E-state index in [1.54, 1.807) is 13.0 Å². The minimum absolute atomic E-state index is 0.204. The third-order valence-corrected chi connectivity index (χ3v) is 1.94. The van der Waals surface area contributed by atoms with Crippen LogP contribution in [0.5, 0.6) is 0 Å². The van der Waals surface area contributed by atoms with E-state index in [0.29, 0.717) is 0 Å². The van der Waals surface area contributed by atoms with Gasteiger partial charge in [0.1, 0.15) is 0 Å². The molecule has 0 fully saturated rings. The molecule has 0 aliphatic rings. The molecule has 0 aliphatic heterocycles. The van der Waals surface area contributed by atoms with E-state index < -0.39 is 11.9 Å². The first-order valence-corrected chi connectivity index (χ1v) is 5.44. The summed E-state index contributed by atoms with van der Waals surface area (Å²) in [5, 5.41) is 0. The second-order valence-corrected chi connectivity index (χ2v) is 3.31. The Kier molecular flexibility index (Phi) is 5.38. The second kappa shape index (κ2) is 7.06. The Morgan fingerprint density at radius 2 is 1.94 bits per heavy atom. The smallest absolute Gasteiger partial charge is 0.373 e. The first kappa shape index (κ1) is 13.7. The maximum Gasteiger partial charge on any atom is 0.373 e. The molecule has 94 valence electrons. The predicted octanol–water partition coefficient (Wildman–Crippen LogP) is 2.32. The maximum absolute atomic E-state index is 11.4. The van der Waals surface area contributed by atoms with Crippen molar-refractivity contribution in [2.45, 2.75) is 6.92 Å². The summed E-state index contributed by atoms with van der Waals surface area (Å²) in [6.07, 6.45) is 2.81. The van der Waals surface area contributed by atoms with Crippen LogP contribution in [-0.4, -0.2) is 18.5 Å². The number of carbonyl (C=O) groups excluding carboxylic acids is 2. The number of hydrogen-bond acceptors (Lipinski definition) is 4. The first-order chi connectivity index (χ1) is 8.63. The number of benzene rings is 1. The molecule has 0 aromatic heterocycles. The van der Waals surface area contributed by atoms with Crippen molar-refractivity contribution >= 4 is 18.0 Å². The van der Waals surface area contributed by atoms with Crippen LogP contribution < -0.4 is 0 Å². The summed E-state index contributed by atoms with van der Waals surface area (Å²) in [5.41, 5.74) is 0.858. The van der Waals surface area contributed by atoms with Crippen molar-refractivity contribution in [2.24, 2.45) is 0 Å². The van der Waals surface area contributed by atoms with Crippen molar-refractivity contribution in [3.63, 3.8) is 0 Å². The minimum Gasteiger partial charge on any atom is -0.460 e. The first-order valence-electron chi connectivity index (χ1n) is 5.44. The summed E-state index contributed by atoms with van der Waals surface area (Å²) in [7, 11) is 0. The van der Waals surface area contributed by atoms with E-state index in [-0.39, 0.29) is 12.4 Å². The highest BCUT2D eigenvalue weighted by Gasteiger charge is 2.11.